The maximum absolute atomic E-state index is 13.2. The van der Waals surface area contributed by atoms with Gasteiger partial charge in [-0.25, -0.2) is 4.39 Å². The van der Waals surface area contributed by atoms with E-state index in [1.807, 2.05) is 0 Å². The van der Waals surface area contributed by atoms with Crippen LogP contribution in [0.15, 0.2) is 18.2 Å². The van der Waals surface area contributed by atoms with Gasteiger partial charge in [0.15, 0.2) is 0 Å². The summed E-state index contributed by atoms with van der Waals surface area (Å²) in [4.78, 5) is 12.9. The van der Waals surface area contributed by atoms with Crippen molar-refractivity contribution in [2.45, 2.75) is 32.1 Å². The molecule has 21 heavy (non-hydrogen) atoms. The van der Waals surface area contributed by atoms with Crippen LogP contribution in [0.4, 0.5) is 10.1 Å². The topological polar surface area (TPSA) is 64.3 Å². The summed E-state index contributed by atoms with van der Waals surface area (Å²) in [7, 11) is 1.42. The summed E-state index contributed by atoms with van der Waals surface area (Å²) in [6.45, 7) is 0. The zero-order valence-corrected chi connectivity index (χ0v) is 12.8. The van der Waals surface area contributed by atoms with Crippen LogP contribution >= 0.6 is 12.2 Å². The minimum Gasteiger partial charge on any atom is -0.494 e. The molecule has 0 spiro atoms. The first-order valence-corrected chi connectivity index (χ1v) is 7.35. The number of rotatable bonds is 4. The number of hydrogen-bond donors (Lipinski definition) is 2. The van der Waals surface area contributed by atoms with Gasteiger partial charge in [-0.2, -0.15) is 0 Å². The van der Waals surface area contributed by atoms with Gasteiger partial charge in [0.25, 0.3) is 0 Å². The highest BCUT2D eigenvalue weighted by Crippen LogP contribution is 2.38. The van der Waals surface area contributed by atoms with E-state index in [0.29, 0.717) is 18.5 Å². The minimum absolute atomic E-state index is 0.223. The Morgan fingerprint density at radius 1 is 1.38 bits per heavy atom. The van der Waals surface area contributed by atoms with Gasteiger partial charge in [-0.3, -0.25) is 4.79 Å². The van der Waals surface area contributed by atoms with Crippen LogP contribution in [0.1, 0.15) is 32.1 Å². The Bertz CT molecular complexity index is 557. The smallest absolute Gasteiger partial charge is 0.237 e. The van der Waals surface area contributed by atoms with Crippen LogP contribution in [0.3, 0.4) is 0 Å². The largest absolute Gasteiger partial charge is 0.494 e. The van der Waals surface area contributed by atoms with Crippen LogP contribution in [0.5, 0.6) is 5.75 Å². The number of methoxy groups -OCH3 is 1. The van der Waals surface area contributed by atoms with Crippen LogP contribution < -0.4 is 15.8 Å². The Labute approximate surface area is 128 Å². The van der Waals surface area contributed by atoms with Crippen molar-refractivity contribution in [2.75, 3.05) is 12.4 Å². The van der Waals surface area contributed by atoms with E-state index in [9.17, 15) is 9.18 Å². The zero-order valence-electron chi connectivity index (χ0n) is 11.9. The fourth-order valence-electron chi connectivity index (χ4n) is 2.75. The lowest BCUT2D eigenvalue weighted by atomic mass is 9.73. The van der Waals surface area contributed by atoms with E-state index in [0.717, 1.165) is 19.3 Å². The van der Waals surface area contributed by atoms with Crippen molar-refractivity contribution in [3.63, 3.8) is 0 Å². The van der Waals surface area contributed by atoms with Crippen molar-refractivity contribution in [3.05, 3.63) is 24.0 Å². The minimum atomic E-state index is -0.813. The van der Waals surface area contributed by atoms with Crippen molar-refractivity contribution in [1.29, 1.82) is 0 Å². The number of halogens is 1. The number of benzene rings is 1. The van der Waals surface area contributed by atoms with E-state index in [4.69, 9.17) is 22.7 Å². The Morgan fingerprint density at radius 2 is 2.05 bits per heavy atom. The summed E-state index contributed by atoms with van der Waals surface area (Å²) in [5, 5.41) is 2.78. The molecule has 0 bridgehead atoms. The maximum atomic E-state index is 13.2. The molecule has 1 aromatic carbocycles. The molecule has 0 aromatic heterocycles. The Hall–Kier alpha value is -1.69. The van der Waals surface area contributed by atoms with Gasteiger partial charge in [0.1, 0.15) is 11.6 Å². The van der Waals surface area contributed by atoms with Crippen LogP contribution in [0, 0.1) is 11.2 Å². The standard InChI is InChI=1S/C15H19FN2O2S/c1-20-12-9-10(16)5-6-11(12)18-14(19)15(13(17)21)7-3-2-4-8-15/h5-6,9H,2-4,7-8H2,1H3,(H2,17,21)(H,18,19). The molecule has 4 nitrogen and oxygen atoms in total. The second-order valence-corrected chi connectivity index (χ2v) is 5.75. The van der Waals surface area contributed by atoms with Gasteiger partial charge in [0.2, 0.25) is 5.91 Å². The first-order valence-electron chi connectivity index (χ1n) is 6.94. The van der Waals surface area contributed by atoms with E-state index >= 15 is 0 Å². The normalized spacial score (nSPS) is 17.0. The number of amides is 1. The molecule has 0 radical (unpaired) electrons. The van der Waals surface area contributed by atoms with Crippen LogP contribution in [-0.4, -0.2) is 18.0 Å². The number of anilines is 1. The zero-order chi connectivity index (χ0) is 15.5. The Kier molecular flexibility index (Phi) is 4.77. The van der Waals surface area contributed by atoms with Crippen molar-refractivity contribution < 1.29 is 13.9 Å². The van der Waals surface area contributed by atoms with Gasteiger partial charge in [-0.1, -0.05) is 31.5 Å². The average molecular weight is 310 g/mol. The average Bonchev–Trinajstić information content (AvgIpc) is 2.49. The number of hydrogen-bond acceptors (Lipinski definition) is 3. The first-order chi connectivity index (χ1) is 9.99. The predicted octanol–water partition coefficient (Wildman–Crippen LogP) is 3.01. The molecule has 0 aliphatic heterocycles. The lowest BCUT2D eigenvalue weighted by molar-refractivity contribution is -0.123. The highest BCUT2D eigenvalue weighted by molar-refractivity contribution is 7.80. The molecule has 3 N–H and O–H groups in total. The summed E-state index contributed by atoms with van der Waals surface area (Å²) >= 11 is 5.13. The van der Waals surface area contributed by atoms with Crippen molar-refractivity contribution in [2.24, 2.45) is 11.1 Å². The summed E-state index contributed by atoms with van der Waals surface area (Å²) in [5.74, 6) is -0.386. The summed E-state index contributed by atoms with van der Waals surface area (Å²) < 4.78 is 18.3. The highest BCUT2D eigenvalue weighted by atomic mass is 32.1. The Morgan fingerprint density at radius 3 is 2.62 bits per heavy atom. The number of nitrogens with two attached hydrogens (primary N) is 1. The molecule has 1 fully saturated rings. The summed E-state index contributed by atoms with van der Waals surface area (Å²) in [6.07, 6.45) is 4.23. The SMILES string of the molecule is COc1cc(F)ccc1NC(=O)C1(C(N)=S)CCCCC1. The molecule has 114 valence electrons. The molecule has 1 saturated carbocycles. The third-order valence-corrected chi connectivity index (χ3v) is 4.42. The van der Waals surface area contributed by atoms with Crippen LogP contribution in [-0.2, 0) is 4.79 Å². The van der Waals surface area contributed by atoms with E-state index in [-0.39, 0.29) is 16.6 Å². The van der Waals surface area contributed by atoms with E-state index in [2.05, 4.69) is 5.32 Å². The molecular weight excluding hydrogens is 291 g/mol. The molecular formula is C15H19FN2O2S. The quantitative estimate of drug-likeness (QED) is 0.839. The van der Waals surface area contributed by atoms with Gasteiger partial charge in [-0.15, -0.1) is 0 Å². The van der Waals surface area contributed by atoms with E-state index < -0.39 is 11.2 Å². The van der Waals surface area contributed by atoms with Gasteiger partial charge >= 0.3 is 0 Å². The lowest BCUT2D eigenvalue weighted by Gasteiger charge is -2.34. The van der Waals surface area contributed by atoms with E-state index in [1.54, 1.807) is 0 Å². The van der Waals surface area contributed by atoms with Gasteiger partial charge in [0.05, 0.1) is 23.2 Å². The molecule has 1 amide bonds. The molecule has 0 saturated heterocycles. The number of carbonyl (C=O) groups excluding carboxylic acids is 1. The monoisotopic (exact) mass is 310 g/mol. The Balaban J connectivity index is 2.25. The van der Waals surface area contributed by atoms with Crippen LogP contribution in [0.25, 0.3) is 0 Å². The van der Waals surface area contributed by atoms with Crippen LogP contribution in [0.2, 0.25) is 0 Å². The highest BCUT2D eigenvalue weighted by Gasteiger charge is 2.42. The van der Waals surface area contributed by atoms with Crippen molar-refractivity contribution in [3.8, 4) is 5.75 Å². The van der Waals surface area contributed by atoms with Gasteiger partial charge < -0.3 is 15.8 Å². The second-order valence-electron chi connectivity index (χ2n) is 5.31. The predicted molar refractivity (Wildman–Crippen MR) is 83.9 cm³/mol. The van der Waals surface area contributed by atoms with Gasteiger partial charge in [-0.05, 0) is 25.0 Å². The molecule has 2 rings (SSSR count). The maximum Gasteiger partial charge on any atom is 0.237 e. The fraction of sp³-hybridized carbons (Fsp3) is 0.467. The fourth-order valence-corrected chi connectivity index (χ4v) is 3.05. The second kappa shape index (κ2) is 6.39. The molecule has 6 heteroatoms. The molecule has 1 aromatic rings. The number of carbonyl (C=O) groups is 1. The first kappa shape index (κ1) is 15.7. The number of nitrogens with one attached hydrogen (secondary N) is 1. The summed E-state index contributed by atoms with van der Waals surface area (Å²) in [6, 6.07) is 3.97. The molecule has 0 atom stereocenters. The van der Waals surface area contributed by atoms with Crippen molar-refractivity contribution >= 4 is 28.8 Å². The third kappa shape index (κ3) is 3.15. The number of thiocarbonyl (C=S) groups is 1. The van der Waals surface area contributed by atoms with Crippen molar-refractivity contribution in [1.82, 2.24) is 0 Å². The third-order valence-electron chi connectivity index (χ3n) is 4.03. The molecule has 1 aliphatic carbocycles. The van der Waals surface area contributed by atoms with Gasteiger partial charge in [0, 0.05) is 6.07 Å². The summed E-state index contributed by atoms with van der Waals surface area (Å²) in [5.41, 5.74) is 5.44. The molecule has 0 unspecified atom stereocenters. The number of ether oxygens (including phenoxy) is 1. The molecule has 0 heterocycles. The molecule has 1 aliphatic rings. The lowest BCUT2D eigenvalue weighted by Crippen LogP contribution is -2.47. The van der Waals surface area contributed by atoms with E-state index in [1.165, 1.54) is 25.3 Å².